The van der Waals surface area contributed by atoms with E-state index in [1.165, 1.54) is 23.5 Å². The van der Waals surface area contributed by atoms with Crippen LogP contribution in [0.1, 0.15) is 34.5 Å². The Balaban J connectivity index is 1.33. The quantitative estimate of drug-likeness (QED) is 0.669. The third kappa shape index (κ3) is 5.07. The van der Waals surface area contributed by atoms with Crippen LogP contribution in [0.25, 0.3) is 0 Å². The lowest BCUT2D eigenvalue weighted by Gasteiger charge is -2.31. The molecule has 1 N–H and O–H groups in total. The van der Waals surface area contributed by atoms with E-state index in [2.05, 4.69) is 20.3 Å². The van der Waals surface area contributed by atoms with E-state index in [-0.39, 0.29) is 11.7 Å². The van der Waals surface area contributed by atoms with Crippen LogP contribution in [0.5, 0.6) is 0 Å². The number of aromatic nitrogens is 3. The molecule has 0 saturated carbocycles. The van der Waals surface area contributed by atoms with Gasteiger partial charge in [0, 0.05) is 31.4 Å². The minimum absolute atomic E-state index is 0.156. The van der Waals surface area contributed by atoms with Crippen molar-refractivity contribution in [1.82, 2.24) is 19.7 Å². The first kappa shape index (κ1) is 19.7. The number of nitrogens with zero attached hydrogens (tertiary/aromatic N) is 4. The number of aryl methyl sites for hydroxylation is 1. The number of piperidine rings is 1. The molecule has 6 nitrogen and oxygen atoms in total. The SMILES string of the molecule is Cn1cc(C(=O)Nc2nccs2)c(CC2CCN(Cc3ccc(F)cc3)CC2)n1. The van der Waals surface area contributed by atoms with Gasteiger partial charge in [0.2, 0.25) is 0 Å². The molecule has 1 amide bonds. The number of likely N-dealkylation sites (tertiary alicyclic amines) is 1. The Morgan fingerprint density at radius 1 is 1.28 bits per heavy atom. The molecule has 0 spiro atoms. The van der Waals surface area contributed by atoms with Crippen LogP contribution >= 0.6 is 11.3 Å². The van der Waals surface area contributed by atoms with Gasteiger partial charge in [-0.05, 0) is 56.0 Å². The van der Waals surface area contributed by atoms with Gasteiger partial charge in [-0.2, -0.15) is 5.10 Å². The number of rotatable bonds is 6. The Labute approximate surface area is 173 Å². The molecule has 3 aromatic rings. The highest BCUT2D eigenvalue weighted by atomic mass is 32.1. The average molecular weight is 414 g/mol. The van der Waals surface area contributed by atoms with E-state index in [4.69, 9.17) is 0 Å². The number of halogens is 1. The lowest BCUT2D eigenvalue weighted by molar-refractivity contribution is 0.102. The summed E-state index contributed by atoms with van der Waals surface area (Å²) in [6.07, 6.45) is 6.37. The fourth-order valence-electron chi connectivity index (χ4n) is 3.79. The summed E-state index contributed by atoms with van der Waals surface area (Å²) in [5, 5.41) is 9.82. The van der Waals surface area contributed by atoms with E-state index in [9.17, 15) is 9.18 Å². The summed E-state index contributed by atoms with van der Waals surface area (Å²) in [6, 6.07) is 6.73. The first-order valence-corrected chi connectivity index (χ1v) is 10.6. The van der Waals surface area contributed by atoms with E-state index >= 15 is 0 Å². The summed E-state index contributed by atoms with van der Waals surface area (Å²) in [6.45, 7) is 2.84. The molecule has 0 bridgehead atoms. The zero-order chi connectivity index (χ0) is 20.2. The number of thiazole rings is 1. The second kappa shape index (κ2) is 8.84. The van der Waals surface area contributed by atoms with E-state index in [1.807, 2.05) is 24.6 Å². The number of hydrogen-bond acceptors (Lipinski definition) is 5. The van der Waals surface area contributed by atoms with Crippen molar-refractivity contribution in [2.24, 2.45) is 13.0 Å². The monoisotopic (exact) mass is 413 g/mol. The molecule has 1 aliphatic rings. The van der Waals surface area contributed by atoms with Crippen LogP contribution in [0.4, 0.5) is 9.52 Å². The normalized spacial score (nSPS) is 15.5. The van der Waals surface area contributed by atoms with Gasteiger partial charge in [0.1, 0.15) is 5.82 Å². The molecule has 0 aliphatic carbocycles. The zero-order valence-corrected chi connectivity index (χ0v) is 17.2. The maximum atomic E-state index is 13.1. The fourth-order valence-corrected chi connectivity index (χ4v) is 4.32. The zero-order valence-electron chi connectivity index (χ0n) is 16.3. The predicted molar refractivity (Wildman–Crippen MR) is 111 cm³/mol. The standard InChI is InChI=1S/C21H24FN5OS/c1-26-14-18(20(28)24-21-23-8-11-29-21)19(25-26)12-15-6-9-27(10-7-15)13-16-2-4-17(22)5-3-16/h2-5,8,11,14-15H,6-7,9-10,12-13H2,1H3,(H,23,24,28). The molecule has 1 fully saturated rings. The van der Waals surface area contributed by atoms with Gasteiger partial charge in [0.25, 0.3) is 5.91 Å². The highest BCUT2D eigenvalue weighted by Gasteiger charge is 2.24. The number of benzene rings is 1. The molecule has 3 heterocycles. The number of amides is 1. The highest BCUT2D eigenvalue weighted by Crippen LogP contribution is 2.24. The average Bonchev–Trinajstić information content (AvgIpc) is 3.34. The van der Waals surface area contributed by atoms with E-state index in [0.29, 0.717) is 16.6 Å². The third-order valence-electron chi connectivity index (χ3n) is 5.31. The molecule has 0 atom stereocenters. The Kier molecular flexibility index (Phi) is 6.01. The van der Waals surface area contributed by atoms with Crippen molar-refractivity contribution < 1.29 is 9.18 Å². The maximum Gasteiger partial charge on any atom is 0.260 e. The van der Waals surface area contributed by atoms with Gasteiger partial charge in [-0.25, -0.2) is 9.37 Å². The van der Waals surface area contributed by atoms with Gasteiger partial charge in [-0.3, -0.25) is 19.7 Å². The van der Waals surface area contributed by atoms with E-state index < -0.39 is 0 Å². The molecular formula is C21H24FN5OS. The van der Waals surface area contributed by atoms with Crippen molar-refractivity contribution in [3.05, 3.63) is 64.7 Å². The van der Waals surface area contributed by atoms with Gasteiger partial charge >= 0.3 is 0 Å². The minimum atomic E-state index is -0.197. The second-order valence-corrected chi connectivity index (χ2v) is 8.40. The van der Waals surface area contributed by atoms with Crippen LogP contribution in [-0.4, -0.2) is 38.7 Å². The summed E-state index contributed by atoms with van der Waals surface area (Å²) in [5.74, 6) is 0.148. The van der Waals surface area contributed by atoms with Crippen molar-refractivity contribution in [3.63, 3.8) is 0 Å². The summed E-state index contributed by atoms with van der Waals surface area (Å²) in [5.41, 5.74) is 2.60. The third-order valence-corrected chi connectivity index (χ3v) is 6.00. The van der Waals surface area contributed by atoms with Crippen LogP contribution in [0.15, 0.2) is 42.0 Å². The molecule has 152 valence electrons. The van der Waals surface area contributed by atoms with Crippen LogP contribution < -0.4 is 5.32 Å². The molecule has 0 radical (unpaired) electrons. The summed E-state index contributed by atoms with van der Waals surface area (Å²) >= 11 is 1.40. The molecule has 1 saturated heterocycles. The molecule has 8 heteroatoms. The van der Waals surface area contributed by atoms with Crippen LogP contribution in [0.3, 0.4) is 0 Å². The fraction of sp³-hybridized carbons (Fsp3) is 0.381. The highest BCUT2D eigenvalue weighted by molar-refractivity contribution is 7.13. The number of anilines is 1. The first-order valence-electron chi connectivity index (χ1n) is 9.77. The van der Waals surface area contributed by atoms with Crippen molar-refractivity contribution in [3.8, 4) is 0 Å². The molecular weight excluding hydrogens is 389 g/mol. The Morgan fingerprint density at radius 3 is 2.72 bits per heavy atom. The molecule has 1 aliphatic heterocycles. The van der Waals surface area contributed by atoms with E-state index in [1.54, 1.807) is 17.1 Å². The molecule has 0 unspecified atom stereocenters. The first-order chi connectivity index (χ1) is 14.1. The number of carbonyl (C=O) groups excluding carboxylic acids is 1. The topological polar surface area (TPSA) is 63.1 Å². The van der Waals surface area contributed by atoms with Crippen molar-refractivity contribution in [1.29, 1.82) is 0 Å². The summed E-state index contributed by atoms with van der Waals surface area (Å²) in [7, 11) is 1.84. The Hall–Kier alpha value is -2.58. The van der Waals surface area contributed by atoms with Gasteiger partial charge in [0.05, 0.1) is 11.3 Å². The van der Waals surface area contributed by atoms with Crippen molar-refractivity contribution >= 4 is 22.4 Å². The van der Waals surface area contributed by atoms with Gasteiger partial charge in [-0.15, -0.1) is 11.3 Å². The lowest BCUT2D eigenvalue weighted by Crippen LogP contribution is -2.34. The number of hydrogen-bond donors (Lipinski definition) is 1. The minimum Gasteiger partial charge on any atom is -0.299 e. The molecule has 4 rings (SSSR count). The molecule has 2 aromatic heterocycles. The number of carbonyl (C=O) groups is 1. The molecule has 1 aromatic carbocycles. The van der Waals surface area contributed by atoms with Gasteiger partial charge in [-0.1, -0.05) is 12.1 Å². The maximum absolute atomic E-state index is 13.1. The second-order valence-electron chi connectivity index (χ2n) is 7.50. The largest absolute Gasteiger partial charge is 0.299 e. The van der Waals surface area contributed by atoms with Crippen LogP contribution in [0, 0.1) is 11.7 Å². The smallest absolute Gasteiger partial charge is 0.260 e. The Bertz CT molecular complexity index is 946. The van der Waals surface area contributed by atoms with E-state index in [0.717, 1.165) is 50.2 Å². The number of nitrogens with one attached hydrogen (secondary N) is 1. The van der Waals surface area contributed by atoms with Crippen LogP contribution in [0.2, 0.25) is 0 Å². The van der Waals surface area contributed by atoms with Gasteiger partial charge < -0.3 is 0 Å². The van der Waals surface area contributed by atoms with Crippen LogP contribution in [-0.2, 0) is 20.0 Å². The summed E-state index contributed by atoms with van der Waals surface area (Å²) < 4.78 is 14.8. The lowest BCUT2D eigenvalue weighted by atomic mass is 9.91. The van der Waals surface area contributed by atoms with Gasteiger partial charge in [0.15, 0.2) is 5.13 Å². The predicted octanol–water partition coefficient (Wildman–Crippen LogP) is 3.72. The summed E-state index contributed by atoms with van der Waals surface area (Å²) in [4.78, 5) is 19.1. The van der Waals surface area contributed by atoms with Crippen molar-refractivity contribution in [2.75, 3.05) is 18.4 Å². The Morgan fingerprint density at radius 2 is 2.03 bits per heavy atom. The molecule has 29 heavy (non-hydrogen) atoms. The van der Waals surface area contributed by atoms with Crippen molar-refractivity contribution in [2.45, 2.75) is 25.8 Å².